The van der Waals surface area contributed by atoms with E-state index in [9.17, 15) is 10.2 Å². The van der Waals surface area contributed by atoms with Gasteiger partial charge in [-0.25, -0.2) is 0 Å². The first-order chi connectivity index (χ1) is 16.5. The number of hydrogen-bond acceptors (Lipinski definition) is 7. The molecule has 2 aliphatic rings. The molecule has 3 N–H and O–H groups in total. The second kappa shape index (κ2) is 12.4. The molecule has 186 valence electrons. The monoisotopic (exact) mass is 485 g/mol. The maximum atomic E-state index is 9.68. The van der Waals surface area contributed by atoms with E-state index < -0.39 is 0 Å². The molecule has 34 heavy (non-hydrogen) atoms. The van der Waals surface area contributed by atoms with Crippen molar-refractivity contribution in [2.24, 2.45) is 0 Å². The average molecular weight is 486 g/mol. The van der Waals surface area contributed by atoms with E-state index in [0.29, 0.717) is 6.61 Å². The molecule has 4 rings (SSSR count). The fraction of sp³-hybridized carbons (Fsp3) is 0.556. The van der Waals surface area contributed by atoms with Gasteiger partial charge in [-0.1, -0.05) is 24.3 Å². The third-order valence-corrected chi connectivity index (χ3v) is 7.95. The number of aliphatic hydroxyl groups excluding tert-OH is 2. The number of aliphatic hydroxyl groups is 2. The van der Waals surface area contributed by atoms with E-state index in [1.807, 2.05) is 0 Å². The van der Waals surface area contributed by atoms with Gasteiger partial charge in [-0.15, -0.1) is 0 Å². The maximum absolute atomic E-state index is 9.68. The van der Waals surface area contributed by atoms with Gasteiger partial charge in [0.05, 0.1) is 18.8 Å². The summed E-state index contributed by atoms with van der Waals surface area (Å²) in [5.41, 5.74) is 4.89. The maximum Gasteiger partial charge on any atom is 0.122 e. The molecule has 2 unspecified atom stereocenters. The Balaban J connectivity index is 1.32. The van der Waals surface area contributed by atoms with Gasteiger partial charge in [-0.3, -0.25) is 9.62 Å². The molecule has 6 nitrogen and oxygen atoms in total. The van der Waals surface area contributed by atoms with Crippen LogP contribution in [-0.4, -0.2) is 84.6 Å². The molecule has 2 aliphatic heterocycles. The zero-order valence-electron chi connectivity index (χ0n) is 20.5. The van der Waals surface area contributed by atoms with E-state index in [4.69, 9.17) is 4.74 Å². The Morgan fingerprint density at radius 3 is 2.24 bits per heavy atom. The summed E-state index contributed by atoms with van der Waals surface area (Å²) in [4.78, 5) is 5.86. The van der Waals surface area contributed by atoms with Crippen LogP contribution in [0.5, 0.6) is 5.75 Å². The molecule has 2 atom stereocenters. The van der Waals surface area contributed by atoms with E-state index >= 15 is 0 Å². The molecule has 2 aromatic carbocycles. The average Bonchev–Trinajstić information content (AvgIpc) is 3.44. The van der Waals surface area contributed by atoms with Crippen LogP contribution in [0.4, 0.5) is 0 Å². The molecule has 2 fully saturated rings. The van der Waals surface area contributed by atoms with Gasteiger partial charge in [-0.05, 0) is 79.4 Å². The SMILES string of the molecule is Cc1c(OCCCN2CCC(O)C2)cccc1-c1cccc(SNCCN2CCC(O)C2)c1C. The van der Waals surface area contributed by atoms with Crippen LogP contribution in [0, 0.1) is 13.8 Å². The van der Waals surface area contributed by atoms with Crippen molar-refractivity contribution in [1.29, 1.82) is 0 Å². The molecule has 0 amide bonds. The van der Waals surface area contributed by atoms with Crippen molar-refractivity contribution in [1.82, 2.24) is 14.5 Å². The molecule has 2 aromatic rings. The van der Waals surface area contributed by atoms with E-state index in [-0.39, 0.29) is 12.2 Å². The van der Waals surface area contributed by atoms with Crippen LogP contribution in [0.2, 0.25) is 0 Å². The van der Waals surface area contributed by atoms with Gasteiger partial charge in [0.15, 0.2) is 0 Å². The Morgan fingerprint density at radius 2 is 1.56 bits per heavy atom. The molecule has 0 bridgehead atoms. The lowest BCUT2D eigenvalue weighted by Gasteiger charge is -2.18. The highest BCUT2D eigenvalue weighted by Gasteiger charge is 2.20. The zero-order chi connectivity index (χ0) is 23.9. The van der Waals surface area contributed by atoms with Crippen LogP contribution in [0.1, 0.15) is 30.4 Å². The van der Waals surface area contributed by atoms with Crippen LogP contribution in [-0.2, 0) is 0 Å². The second-order valence-corrected chi connectivity index (χ2v) is 10.5. The second-order valence-electron chi connectivity index (χ2n) is 9.54. The summed E-state index contributed by atoms with van der Waals surface area (Å²) < 4.78 is 9.66. The molecule has 2 saturated heterocycles. The van der Waals surface area contributed by atoms with Crippen molar-refractivity contribution in [3.63, 3.8) is 0 Å². The minimum atomic E-state index is -0.161. The lowest BCUT2D eigenvalue weighted by Crippen LogP contribution is -2.28. The predicted octanol–water partition coefficient (Wildman–Crippen LogP) is 3.47. The fourth-order valence-electron chi connectivity index (χ4n) is 4.91. The first kappa shape index (κ1) is 25.5. The number of ether oxygens (including phenoxy) is 1. The summed E-state index contributed by atoms with van der Waals surface area (Å²) in [5, 5.41) is 19.4. The first-order valence-electron chi connectivity index (χ1n) is 12.5. The van der Waals surface area contributed by atoms with Crippen molar-refractivity contribution in [2.45, 2.75) is 50.2 Å². The summed E-state index contributed by atoms with van der Waals surface area (Å²) >= 11 is 1.69. The zero-order valence-corrected chi connectivity index (χ0v) is 21.3. The number of β-amino-alcohol motifs (C(OH)–C–C–N with tert-alkyl or cyclic N) is 2. The Labute approximate surface area is 208 Å². The van der Waals surface area contributed by atoms with E-state index in [2.05, 4.69) is 64.8 Å². The fourth-order valence-corrected chi connectivity index (χ4v) is 5.67. The predicted molar refractivity (Wildman–Crippen MR) is 139 cm³/mol. The summed E-state index contributed by atoms with van der Waals surface area (Å²) in [6, 6.07) is 12.8. The van der Waals surface area contributed by atoms with Gasteiger partial charge in [-0.2, -0.15) is 0 Å². The third kappa shape index (κ3) is 6.74. The van der Waals surface area contributed by atoms with E-state index in [0.717, 1.165) is 70.8 Å². The largest absolute Gasteiger partial charge is 0.493 e. The van der Waals surface area contributed by atoms with Crippen LogP contribution >= 0.6 is 11.9 Å². The number of nitrogens with zero attached hydrogens (tertiary/aromatic N) is 2. The van der Waals surface area contributed by atoms with Crippen LogP contribution in [0.25, 0.3) is 11.1 Å². The molecule has 0 aliphatic carbocycles. The molecule has 7 heteroatoms. The molecule has 0 spiro atoms. The first-order valence-corrected chi connectivity index (χ1v) is 13.4. The Morgan fingerprint density at radius 1 is 0.912 bits per heavy atom. The van der Waals surface area contributed by atoms with Crippen molar-refractivity contribution in [2.75, 3.05) is 52.4 Å². The van der Waals surface area contributed by atoms with Gasteiger partial charge in [0.1, 0.15) is 5.75 Å². The van der Waals surface area contributed by atoms with Crippen molar-refractivity contribution < 1.29 is 14.9 Å². The van der Waals surface area contributed by atoms with Crippen molar-refractivity contribution in [3.8, 4) is 16.9 Å². The molecule has 0 aromatic heterocycles. The third-order valence-electron chi connectivity index (χ3n) is 6.94. The van der Waals surface area contributed by atoms with Gasteiger partial charge >= 0.3 is 0 Å². The number of hydrogen-bond donors (Lipinski definition) is 3. The topological polar surface area (TPSA) is 68.2 Å². The van der Waals surface area contributed by atoms with Crippen molar-refractivity contribution >= 4 is 11.9 Å². The summed E-state index contributed by atoms with van der Waals surface area (Å²) in [5.74, 6) is 0.947. The minimum Gasteiger partial charge on any atom is -0.493 e. The Bertz CT molecular complexity index is 866. The molecule has 0 saturated carbocycles. The quantitative estimate of drug-likeness (QED) is 0.333. The molecular formula is C27H39N3O3S. The Kier molecular flexibility index (Phi) is 9.28. The number of nitrogens with one attached hydrogen (secondary N) is 1. The van der Waals surface area contributed by atoms with Crippen LogP contribution < -0.4 is 9.46 Å². The number of rotatable bonds is 11. The summed E-state index contributed by atoms with van der Waals surface area (Å²) in [7, 11) is 0. The van der Waals surface area contributed by atoms with E-state index in [1.165, 1.54) is 27.1 Å². The number of benzene rings is 2. The highest BCUT2D eigenvalue weighted by Crippen LogP contribution is 2.35. The standard InChI is InChI=1S/C27H39N3O3S/c1-20-24(6-3-8-26(20)33-17-5-13-29-14-10-22(31)18-29)25-7-4-9-27(21(25)2)34-28-12-16-30-15-11-23(32)19-30/h3-4,6-9,22-23,28,31-32H,5,10-19H2,1-2H3. The van der Waals surface area contributed by atoms with Crippen LogP contribution in [0.15, 0.2) is 41.3 Å². The summed E-state index contributed by atoms with van der Waals surface area (Å²) in [6.45, 7) is 11.4. The lowest BCUT2D eigenvalue weighted by atomic mass is 9.96. The lowest BCUT2D eigenvalue weighted by molar-refractivity contribution is 0.173. The smallest absolute Gasteiger partial charge is 0.122 e. The highest BCUT2D eigenvalue weighted by atomic mass is 32.2. The highest BCUT2D eigenvalue weighted by molar-refractivity contribution is 7.97. The summed E-state index contributed by atoms with van der Waals surface area (Å²) in [6.07, 6.45) is 2.42. The molecule has 2 heterocycles. The number of likely N-dealkylation sites (tertiary alicyclic amines) is 2. The van der Waals surface area contributed by atoms with Gasteiger partial charge in [0.2, 0.25) is 0 Å². The van der Waals surface area contributed by atoms with Gasteiger partial charge < -0.3 is 19.8 Å². The van der Waals surface area contributed by atoms with Gasteiger partial charge in [0.25, 0.3) is 0 Å². The van der Waals surface area contributed by atoms with E-state index in [1.54, 1.807) is 11.9 Å². The van der Waals surface area contributed by atoms with Crippen LogP contribution in [0.3, 0.4) is 0 Å². The van der Waals surface area contributed by atoms with Crippen molar-refractivity contribution in [3.05, 3.63) is 47.5 Å². The molecule has 0 radical (unpaired) electrons. The minimum absolute atomic E-state index is 0.159. The Hall–Kier alpha value is -1.61. The van der Waals surface area contributed by atoms with Gasteiger partial charge in [0, 0.05) is 50.7 Å². The molecular weight excluding hydrogens is 446 g/mol. The normalized spacial score (nSPS) is 21.4.